The summed E-state index contributed by atoms with van der Waals surface area (Å²) in [7, 11) is 0. The lowest BCUT2D eigenvalue weighted by molar-refractivity contribution is -0.385. The van der Waals surface area contributed by atoms with E-state index in [2.05, 4.69) is 4.74 Å². The summed E-state index contributed by atoms with van der Waals surface area (Å²) >= 11 is 0. The summed E-state index contributed by atoms with van der Waals surface area (Å²) in [6.07, 6.45) is 0.461. The van der Waals surface area contributed by atoms with E-state index in [9.17, 15) is 19.7 Å². The molecule has 1 aliphatic carbocycles. The Hall–Kier alpha value is -2.24. The Balaban J connectivity index is 2.13. The fourth-order valence-corrected chi connectivity index (χ4v) is 2.15. The van der Waals surface area contributed by atoms with Gasteiger partial charge in [-0.15, -0.1) is 0 Å². The van der Waals surface area contributed by atoms with Gasteiger partial charge in [0.15, 0.2) is 0 Å². The topological polar surface area (TPSA) is 86.5 Å². The molecule has 0 radical (unpaired) electrons. The largest absolute Gasteiger partial charge is 0.460 e. The van der Waals surface area contributed by atoms with E-state index in [0.717, 1.165) is 0 Å². The third-order valence-corrected chi connectivity index (χ3v) is 3.14. The Kier molecular flexibility index (Phi) is 3.59. The van der Waals surface area contributed by atoms with Crippen molar-refractivity contribution in [2.75, 3.05) is 6.61 Å². The van der Waals surface area contributed by atoms with Crippen LogP contribution in [0.15, 0.2) is 24.3 Å². The number of carbonyl (C=O) groups excluding carboxylic acids is 2. The predicted molar refractivity (Wildman–Crippen MR) is 65.6 cm³/mol. The lowest BCUT2D eigenvalue weighted by Gasteiger charge is -2.02. The van der Waals surface area contributed by atoms with Crippen LogP contribution in [0.25, 0.3) is 0 Å². The molecule has 1 aliphatic rings. The van der Waals surface area contributed by atoms with E-state index in [0.29, 0.717) is 12.0 Å². The third-order valence-electron chi connectivity index (χ3n) is 3.14. The van der Waals surface area contributed by atoms with Crippen molar-refractivity contribution in [3.05, 3.63) is 39.9 Å². The number of hydrogen-bond donors (Lipinski definition) is 0. The van der Waals surface area contributed by atoms with Gasteiger partial charge in [-0.2, -0.15) is 0 Å². The highest BCUT2D eigenvalue weighted by atomic mass is 16.6. The summed E-state index contributed by atoms with van der Waals surface area (Å²) in [4.78, 5) is 33.5. The fraction of sp³-hybridized carbons (Fsp3) is 0.385. The van der Waals surface area contributed by atoms with Crippen molar-refractivity contribution in [1.29, 1.82) is 0 Å². The first-order chi connectivity index (χ1) is 9.06. The number of para-hydroxylation sites is 1. The molecule has 6 nitrogen and oxygen atoms in total. The Labute approximate surface area is 109 Å². The maximum absolute atomic E-state index is 11.7. The Morgan fingerprint density at radius 3 is 2.74 bits per heavy atom. The van der Waals surface area contributed by atoms with Gasteiger partial charge in [0.25, 0.3) is 5.69 Å². The van der Waals surface area contributed by atoms with Crippen LogP contribution in [0.4, 0.5) is 5.69 Å². The van der Waals surface area contributed by atoms with Gasteiger partial charge in [-0.1, -0.05) is 18.2 Å². The maximum atomic E-state index is 11.7. The average molecular weight is 263 g/mol. The molecule has 0 saturated heterocycles. The second kappa shape index (κ2) is 5.17. The smallest absolute Gasteiger partial charge is 0.374 e. The van der Waals surface area contributed by atoms with Crippen LogP contribution in [0.3, 0.4) is 0 Å². The molecule has 19 heavy (non-hydrogen) atoms. The molecule has 0 amide bonds. The standard InChI is InChI=1S/C13H13NO5/c1-2-19-13(16)12(15)10-7-9(10)8-5-3-4-6-11(8)14(17)18/h3-6,9-10H,2,7H2,1H3/t9-,10?/m0/s1. The molecule has 2 rings (SSSR count). The fourth-order valence-electron chi connectivity index (χ4n) is 2.15. The monoisotopic (exact) mass is 263 g/mol. The number of rotatable bonds is 5. The number of benzene rings is 1. The van der Waals surface area contributed by atoms with Crippen LogP contribution in [0.1, 0.15) is 24.8 Å². The van der Waals surface area contributed by atoms with E-state index >= 15 is 0 Å². The van der Waals surface area contributed by atoms with E-state index in [1.165, 1.54) is 6.07 Å². The Bertz CT molecular complexity index is 540. The van der Waals surface area contributed by atoms with Crippen LogP contribution in [0.2, 0.25) is 0 Å². The molecule has 1 aromatic carbocycles. The minimum absolute atomic E-state index is 0.00772. The molecule has 1 saturated carbocycles. The quantitative estimate of drug-likeness (QED) is 0.350. The van der Waals surface area contributed by atoms with Crippen molar-refractivity contribution in [3.63, 3.8) is 0 Å². The highest BCUT2D eigenvalue weighted by Gasteiger charge is 2.49. The molecular weight excluding hydrogens is 250 g/mol. The number of esters is 1. The molecule has 0 aliphatic heterocycles. The molecule has 1 unspecified atom stereocenters. The summed E-state index contributed by atoms with van der Waals surface area (Å²) in [6, 6.07) is 6.29. The van der Waals surface area contributed by atoms with Gasteiger partial charge in [-0.25, -0.2) is 4.79 Å². The minimum atomic E-state index is -0.853. The molecule has 100 valence electrons. The molecule has 0 spiro atoms. The second-order valence-corrected chi connectivity index (χ2v) is 4.35. The van der Waals surface area contributed by atoms with E-state index in [4.69, 9.17) is 0 Å². The van der Waals surface area contributed by atoms with Crippen molar-refractivity contribution in [3.8, 4) is 0 Å². The first kappa shape index (κ1) is 13.2. The maximum Gasteiger partial charge on any atom is 0.374 e. The summed E-state index contributed by atoms with van der Waals surface area (Å²) in [5.41, 5.74) is 0.502. The number of hydrogen-bond acceptors (Lipinski definition) is 5. The van der Waals surface area contributed by atoms with Crippen LogP contribution in [0, 0.1) is 16.0 Å². The third kappa shape index (κ3) is 2.62. The van der Waals surface area contributed by atoms with Gasteiger partial charge in [-0.05, 0) is 13.3 Å². The molecule has 0 bridgehead atoms. The number of Topliss-reactive ketones (excluding diaryl/α,β-unsaturated/α-hetero) is 1. The normalized spacial score (nSPS) is 20.7. The lowest BCUT2D eigenvalue weighted by atomic mass is 10.1. The molecule has 6 heteroatoms. The number of nitrogens with zero attached hydrogens (tertiary/aromatic N) is 1. The highest BCUT2D eigenvalue weighted by molar-refractivity contribution is 6.35. The zero-order chi connectivity index (χ0) is 14.0. The highest BCUT2D eigenvalue weighted by Crippen LogP contribution is 2.50. The molecule has 1 aromatic rings. The second-order valence-electron chi connectivity index (χ2n) is 4.35. The van der Waals surface area contributed by atoms with Gasteiger partial charge in [0.2, 0.25) is 5.78 Å². The summed E-state index contributed by atoms with van der Waals surface area (Å²) in [5, 5.41) is 10.9. The molecule has 1 fully saturated rings. The van der Waals surface area contributed by atoms with Gasteiger partial charge in [-0.3, -0.25) is 14.9 Å². The number of ether oxygens (including phenoxy) is 1. The van der Waals surface area contributed by atoms with Crippen molar-refractivity contribution in [2.24, 2.45) is 5.92 Å². The summed E-state index contributed by atoms with van der Waals surface area (Å²) in [5.74, 6) is -2.18. The van der Waals surface area contributed by atoms with Crippen molar-refractivity contribution < 1.29 is 19.2 Å². The van der Waals surface area contributed by atoms with E-state index in [-0.39, 0.29) is 18.2 Å². The van der Waals surface area contributed by atoms with E-state index in [1.54, 1.807) is 25.1 Å². The summed E-state index contributed by atoms with van der Waals surface area (Å²) in [6.45, 7) is 1.77. The van der Waals surface area contributed by atoms with Gasteiger partial charge in [0.1, 0.15) is 0 Å². The summed E-state index contributed by atoms with van der Waals surface area (Å²) < 4.78 is 4.64. The molecular formula is C13H13NO5. The zero-order valence-corrected chi connectivity index (χ0v) is 10.4. The Morgan fingerprint density at radius 2 is 2.11 bits per heavy atom. The SMILES string of the molecule is CCOC(=O)C(=O)C1C[C@H]1c1ccccc1[N+](=O)[O-]. The van der Waals surface area contributed by atoms with Crippen molar-refractivity contribution >= 4 is 17.4 Å². The van der Waals surface area contributed by atoms with Gasteiger partial charge >= 0.3 is 5.97 Å². The predicted octanol–water partition coefficient (Wildman–Crippen LogP) is 1.83. The number of nitro benzene ring substituents is 1. The van der Waals surface area contributed by atoms with E-state index < -0.39 is 22.6 Å². The lowest BCUT2D eigenvalue weighted by Crippen LogP contribution is -2.19. The number of nitro groups is 1. The number of carbonyl (C=O) groups is 2. The van der Waals surface area contributed by atoms with Crippen LogP contribution >= 0.6 is 0 Å². The van der Waals surface area contributed by atoms with Gasteiger partial charge < -0.3 is 4.74 Å². The van der Waals surface area contributed by atoms with Crippen molar-refractivity contribution in [2.45, 2.75) is 19.3 Å². The van der Waals surface area contributed by atoms with Crippen LogP contribution in [0.5, 0.6) is 0 Å². The van der Waals surface area contributed by atoms with E-state index in [1.807, 2.05) is 0 Å². The number of ketones is 1. The van der Waals surface area contributed by atoms with Crippen LogP contribution < -0.4 is 0 Å². The first-order valence-corrected chi connectivity index (χ1v) is 6.00. The molecule has 2 atom stereocenters. The molecule has 0 heterocycles. The Morgan fingerprint density at radius 1 is 1.42 bits per heavy atom. The van der Waals surface area contributed by atoms with Crippen LogP contribution in [-0.2, 0) is 14.3 Å². The zero-order valence-electron chi connectivity index (χ0n) is 10.4. The van der Waals surface area contributed by atoms with Crippen LogP contribution in [-0.4, -0.2) is 23.3 Å². The van der Waals surface area contributed by atoms with Crippen molar-refractivity contribution in [1.82, 2.24) is 0 Å². The first-order valence-electron chi connectivity index (χ1n) is 6.00. The van der Waals surface area contributed by atoms with Gasteiger partial charge in [0, 0.05) is 23.5 Å². The average Bonchev–Trinajstić information content (AvgIpc) is 3.18. The minimum Gasteiger partial charge on any atom is -0.460 e. The molecule has 0 aromatic heterocycles. The van der Waals surface area contributed by atoms with Gasteiger partial charge in [0.05, 0.1) is 11.5 Å². The molecule has 0 N–H and O–H groups in total.